The fourth-order valence-corrected chi connectivity index (χ4v) is 4.01. The highest BCUT2D eigenvalue weighted by Crippen LogP contribution is 2.33. The third kappa shape index (κ3) is 2.23. The van der Waals surface area contributed by atoms with Crippen LogP contribution in [-0.4, -0.2) is 39.5 Å². The smallest absolute Gasteiger partial charge is 0.234 e. The molecule has 6 nitrogen and oxygen atoms in total. The van der Waals surface area contributed by atoms with Gasteiger partial charge in [-0.25, -0.2) is 0 Å². The molecular weight excluding hydrogens is 274 g/mol. The Labute approximate surface area is 121 Å². The quantitative estimate of drug-likeness (QED) is 0.916. The number of morpholine rings is 1. The van der Waals surface area contributed by atoms with Crippen LogP contribution >= 0.6 is 11.3 Å². The van der Waals surface area contributed by atoms with Gasteiger partial charge in [0.15, 0.2) is 5.82 Å². The summed E-state index contributed by atoms with van der Waals surface area (Å²) >= 11 is 1.60. The summed E-state index contributed by atoms with van der Waals surface area (Å²) in [5.74, 6) is 1.57. The van der Waals surface area contributed by atoms with E-state index in [9.17, 15) is 0 Å². The Morgan fingerprint density at radius 1 is 1.20 bits per heavy atom. The fourth-order valence-electron chi connectivity index (χ4n) is 3.12. The molecule has 2 aromatic heterocycles. The third-order valence-corrected chi connectivity index (χ3v) is 5.19. The van der Waals surface area contributed by atoms with Crippen molar-refractivity contribution in [2.24, 2.45) is 0 Å². The lowest BCUT2D eigenvalue weighted by molar-refractivity contribution is 0.0270. The molecule has 2 aromatic rings. The van der Waals surface area contributed by atoms with E-state index >= 15 is 0 Å². The molecule has 2 aliphatic rings. The number of aromatic nitrogens is 4. The second-order valence-electron chi connectivity index (χ2n) is 5.59. The van der Waals surface area contributed by atoms with Crippen molar-refractivity contribution >= 4 is 16.3 Å². The fraction of sp³-hybridized carbons (Fsp3) is 0.769. The second-order valence-corrected chi connectivity index (χ2v) is 6.58. The minimum Gasteiger partial charge on any atom is -0.368 e. The molecule has 3 heterocycles. The lowest BCUT2D eigenvalue weighted by Gasteiger charge is -2.21. The van der Waals surface area contributed by atoms with Gasteiger partial charge in [0.25, 0.3) is 0 Å². The van der Waals surface area contributed by atoms with Crippen LogP contribution in [0.3, 0.4) is 0 Å². The molecule has 7 heteroatoms. The van der Waals surface area contributed by atoms with Crippen molar-refractivity contribution in [2.45, 2.75) is 44.1 Å². The van der Waals surface area contributed by atoms with E-state index < -0.39 is 0 Å². The van der Waals surface area contributed by atoms with Gasteiger partial charge in [-0.2, -0.15) is 9.61 Å². The van der Waals surface area contributed by atoms with Crippen LogP contribution < -0.4 is 5.32 Å². The van der Waals surface area contributed by atoms with Gasteiger partial charge in [0.2, 0.25) is 4.96 Å². The summed E-state index contributed by atoms with van der Waals surface area (Å²) < 4.78 is 7.72. The normalized spacial score (nSPS) is 25.3. The molecule has 4 rings (SSSR count). The number of nitrogens with zero attached hydrogens (tertiary/aromatic N) is 4. The maximum atomic E-state index is 5.77. The number of hydrogen-bond acceptors (Lipinski definition) is 6. The van der Waals surface area contributed by atoms with Crippen LogP contribution in [0.2, 0.25) is 0 Å². The first-order chi connectivity index (χ1) is 9.92. The molecule has 1 saturated carbocycles. The molecule has 0 aromatic carbocycles. The highest BCUT2D eigenvalue weighted by molar-refractivity contribution is 7.16. The topological polar surface area (TPSA) is 64.3 Å². The number of nitrogens with one attached hydrogen (secondary N) is 1. The Hall–Kier alpha value is -1.05. The first kappa shape index (κ1) is 12.7. The third-order valence-electron chi connectivity index (χ3n) is 4.20. The molecular formula is C13H19N5OS. The lowest BCUT2D eigenvalue weighted by Crippen LogP contribution is -2.33. The molecule has 1 unspecified atom stereocenters. The Bertz CT molecular complexity index is 583. The molecule has 0 bridgehead atoms. The van der Waals surface area contributed by atoms with E-state index in [0.29, 0.717) is 5.92 Å². The van der Waals surface area contributed by atoms with Gasteiger partial charge in [-0.05, 0) is 12.8 Å². The van der Waals surface area contributed by atoms with Crippen LogP contribution in [0.15, 0.2) is 0 Å². The van der Waals surface area contributed by atoms with Gasteiger partial charge in [0, 0.05) is 19.0 Å². The van der Waals surface area contributed by atoms with Gasteiger partial charge in [0.1, 0.15) is 11.1 Å². The predicted octanol–water partition coefficient (Wildman–Crippen LogP) is 1.89. The van der Waals surface area contributed by atoms with E-state index in [0.717, 1.165) is 35.5 Å². The first-order valence-corrected chi connectivity index (χ1v) is 8.28. The predicted molar refractivity (Wildman–Crippen MR) is 76.0 cm³/mol. The van der Waals surface area contributed by atoms with Crippen LogP contribution in [0.5, 0.6) is 0 Å². The number of rotatable bonds is 2. The standard InChI is InChI=1S/C13H19N5OS/c1-2-4-9(5-3-1)11-15-16-13-18(11)17-12(20-13)10-8-14-6-7-19-10/h9-10,14H,1-8H2. The Kier molecular flexibility index (Phi) is 3.41. The van der Waals surface area contributed by atoms with E-state index in [1.165, 1.54) is 32.1 Å². The average Bonchev–Trinajstić information content (AvgIpc) is 3.09. The zero-order valence-corrected chi connectivity index (χ0v) is 12.2. The first-order valence-electron chi connectivity index (χ1n) is 7.46. The average molecular weight is 293 g/mol. The van der Waals surface area contributed by atoms with E-state index in [4.69, 9.17) is 9.84 Å². The summed E-state index contributed by atoms with van der Waals surface area (Å²) in [6.45, 7) is 2.51. The largest absolute Gasteiger partial charge is 0.368 e. The maximum absolute atomic E-state index is 5.77. The summed E-state index contributed by atoms with van der Waals surface area (Å²) in [5.41, 5.74) is 0. The number of fused-ring (bicyclic) bond motifs is 1. The minimum atomic E-state index is 0.0645. The van der Waals surface area contributed by atoms with Gasteiger partial charge >= 0.3 is 0 Å². The van der Waals surface area contributed by atoms with Gasteiger partial charge in [-0.15, -0.1) is 10.2 Å². The van der Waals surface area contributed by atoms with Crippen molar-refractivity contribution in [1.29, 1.82) is 0 Å². The Morgan fingerprint density at radius 2 is 2.10 bits per heavy atom. The molecule has 0 spiro atoms. The maximum Gasteiger partial charge on any atom is 0.234 e. The van der Waals surface area contributed by atoms with Crippen molar-refractivity contribution in [3.63, 3.8) is 0 Å². The summed E-state index contributed by atoms with van der Waals surface area (Å²) in [4.78, 5) is 0.898. The molecule has 0 radical (unpaired) electrons. The molecule has 1 aliphatic heterocycles. The molecule has 2 fully saturated rings. The highest BCUT2D eigenvalue weighted by Gasteiger charge is 2.25. The highest BCUT2D eigenvalue weighted by atomic mass is 32.1. The van der Waals surface area contributed by atoms with Crippen molar-refractivity contribution in [1.82, 2.24) is 25.1 Å². The van der Waals surface area contributed by atoms with E-state index in [1.807, 2.05) is 4.52 Å². The number of hydrogen-bond donors (Lipinski definition) is 1. The summed E-state index contributed by atoms with van der Waals surface area (Å²) in [6.07, 6.45) is 6.44. The van der Waals surface area contributed by atoms with Gasteiger partial charge < -0.3 is 10.1 Å². The van der Waals surface area contributed by atoms with Crippen LogP contribution in [0, 0.1) is 0 Å². The summed E-state index contributed by atoms with van der Waals surface area (Å²) in [5, 5.41) is 17.7. The lowest BCUT2D eigenvalue weighted by atomic mass is 9.89. The van der Waals surface area contributed by atoms with E-state index in [1.54, 1.807) is 11.3 Å². The zero-order valence-electron chi connectivity index (χ0n) is 11.4. The summed E-state index contributed by atoms with van der Waals surface area (Å²) in [7, 11) is 0. The van der Waals surface area contributed by atoms with Crippen molar-refractivity contribution < 1.29 is 4.74 Å². The van der Waals surface area contributed by atoms with Crippen molar-refractivity contribution in [3.05, 3.63) is 10.8 Å². The van der Waals surface area contributed by atoms with E-state index in [2.05, 4.69) is 15.5 Å². The molecule has 1 saturated heterocycles. The molecule has 1 aliphatic carbocycles. The van der Waals surface area contributed by atoms with Crippen LogP contribution in [0.4, 0.5) is 0 Å². The number of ether oxygens (including phenoxy) is 1. The molecule has 1 N–H and O–H groups in total. The molecule has 0 amide bonds. The monoisotopic (exact) mass is 293 g/mol. The van der Waals surface area contributed by atoms with Crippen LogP contribution in [0.1, 0.15) is 55.0 Å². The molecule has 108 valence electrons. The zero-order chi connectivity index (χ0) is 13.4. The van der Waals surface area contributed by atoms with Gasteiger partial charge in [0.05, 0.1) is 6.61 Å². The molecule has 1 atom stereocenters. The Morgan fingerprint density at radius 3 is 2.90 bits per heavy atom. The molecule has 20 heavy (non-hydrogen) atoms. The van der Waals surface area contributed by atoms with Gasteiger partial charge in [-0.1, -0.05) is 30.6 Å². The van der Waals surface area contributed by atoms with Crippen LogP contribution in [0.25, 0.3) is 4.96 Å². The Balaban J connectivity index is 1.63. The SMILES string of the molecule is C1CCC(c2nnc3sc(C4CNCCO4)nn23)CC1. The van der Waals surface area contributed by atoms with Crippen LogP contribution in [-0.2, 0) is 4.74 Å². The van der Waals surface area contributed by atoms with Gasteiger partial charge in [-0.3, -0.25) is 0 Å². The van der Waals surface area contributed by atoms with E-state index in [-0.39, 0.29) is 6.10 Å². The summed E-state index contributed by atoms with van der Waals surface area (Å²) in [6, 6.07) is 0. The van der Waals surface area contributed by atoms with Crippen molar-refractivity contribution in [2.75, 3.05) is 19.7 Å². The minimum absolute atomic E-state index is 0.0645. The van der Waals surface area contributed by atoms with Crippen molar-refractivity contribution in [3.8, 4) is 0 Å². The second kappa shape index (κ2) is 5.38.